The molecule has 19 atom stereocenters. The summed E-state index contributed by atoms with van der Waals surface area (Å²) in [4.78, 5) is 26.2. The van der Waals surface area contributed by atoms with Crippen LogP contribution in [0.15, 0.2) is 59.3 Å². The van der Waals surface area contributed by atoms with E-state index in [1.165, 1.54) is 6.92 Å². The highest BCUT2D eigenvalue weighted by Gasteiger charge is 2.60. The van der Waals surface area contributed by atoms with E-state index in [2.05, 4.69) is 45.2 Å². The molecule has 15 nitrogen and oxygen atoms in total. The van der Waals surface area contributed by atoms with Crippen LogP contribution in [-0.4, -0.2) is 140 Å². The van der Waals surface area contributed by atoms with Crippen LogP contribution in [0.1, 0.15) is 94.4 Å². The van der Waals surface area contributed by atoms with Gasteiger partial charge in [-0.2, -0.15) is 0 Å². The van der Waals surface area contributed by atoms with E-state index in [4.69, 9.17) is 47.4 Å². The molecule has 1 unspecified atom stereocenters. The van der Waals surface area contributed by atoms with Gasteiger partial charge in [0.2, 0.25) is 5.91 Å². The lowest BCUT2D eigenvalue weighted by Gasteiger charge is -2.48. The highest BCUT2D eigenvalue weighted by atomic mass is 16.7. The molecule has 6 aliphatic heterocycles. The maximum Gasteiger partial charge on any atom is 0.316 e. The van der Waals surface area contributed by atoms with Gasteiger partial charge in [0.05, 0.1) is 55.4 Å². The third kappa shape index (κ3) is 10.2. The number of nitrogens with one attached hydrogen (secondary N) is 1. The summed E-state index contributed by atoms with van der Waals surface area (Å²) >= 11 is 0. The molecular formula is C49H73NO14. The SMILES string of the molecule is CO[C@H]1C[C@H](O[C@H]2[C@H](C)O[C@@H](O[C@@H]3/C(C)=C/C[C@@H]4C[C@@H](C[C@]5(C=C[C@H](C)C(C(C)C)O5)O4)OC(=O)[C@@H]4C=C(C)[C@@H](O)[C@H]5OC/C(=C/C=C/[C@@H]3C)[C@]54O)C[C@@H]2OC)O[C@@H](C)[C@H]1NC(C)=O. The number of rotatable bonds is 8. The zero-order chi connectivity index (χ0) is 46.2. The highest BCUT2D eigenvalue weighted by Crippen LogP contribution is 2.47. The number of hydrogen-bond donors (Lipinski definition) is 3. The van der Waals surface area contributed by atoms with Crippen molar-refractivity contribution in [1.29, 1.82) is 0 Å². The van der Waals surface area contributed by atoms with E-state index in [9.17, 15) is 19.8 Å². The fourth-order valence-electron chi connectivity index (χ4n) is 10.9. The molecule has 7 rings (SSSR count). The number of carbonyl (C=O) groups excluding carboxylic acids is 2. The van der Waals surface area contributed by atoms with E-state index < -0.39 is 84.7 Å². The zero-order valence-corrected chi connectivity index (χ0v) is 39.5. The molecule has 64 heavy (non-hydrogen) atoms. The van der Waals surface area contributed by atoms with Crippen molar-refractivity contribution in [2.24, 2.45) is 23.7 Å². The first-order valence-electron chi connectivity index (χ1n) is 23.3. The van der Waals surface area contributed by atoms with Crippen molar-refractivity contribution in [2.75, 3.05) is 20.8 Å². The van der Waals surface area contributed by atoms with Crippen LogP contribution in [0.5, 0.6) is 0 Å². The van der Waals surface area contributed by atoms with Crippen molar-refractivity contribution in [3.05, 3.63) is 59.3 Å². The number of amides is 1. The Bertz CT molecular complexity index is 1830. The van der Waals surface area contributed by atoms with E-state index in [0.717, 1.165) is 5.57 Å². The molecule has 6 heterocycles. The number of hydrogen-bond acceptors (Lipinski definition) is 14. The Morgan fingerprint density at radius 3 is 2.31 bits per heavy atom. The van der Waals surface area contributed by atoms with Gasteiger partial charge in [0, 0.05) is 58.7 Å². The fourth-order valence-corrected chi connectivity index (χ4v) is 10.9. The summed E-state index contributed by atoms with van der Waals surface area (Å²) in [6.07, 6.45) is 8.46. The molecule has 4 saturated heterocycles. The topological polar surface area (TPSA) is 179 Å². The van der Waals surface area contributed by atoms with Crippen LogP contribution in [0.3, 0.4) is 0 Å². The van der Waals surface area contributed by atoms with E-state index >= 15 is 0 Å². The number of ether oxygens (including phenoxy) is 10. The number of esters is 1. The zero-order valence-electron chi connectivity index (χ0n) is 39.5. The molecule has 0 radical (unpaired) electrons. The lowest BCUT2D eigenvalue weighted by atomic mass is 9.71. The van der Waals surface area contributed by atoms with Gasteiger partial charge >= 0.3 is 5.97 Å². The van der Waals surface area contributed by atoms with Crippen LogP contribution < -0.4 is 5.32 Å². The maximum absolute atomic E-state index is 14.3. The van der Waals surface area contributed by atoms with Gasteiger partial charge < -0.3 is 62.9 Å². The van der Waals surface area contributed by atoms with Crippen LogP contribution in [0.2, 0.25) is 0 Å². The smallest absolute Gasteiger partial charge is 0.316 e. The van der Waals surface area contributed by atoms with Crippen molar-refractivity contribution in [3.8, 4) is 0 Å². The molecule has 1 aliphatic carbocycles. The molecule has 15 heteroatoms. The Hall–Kier alpha value is -2.80. The summed E-state index contributed by atoms with van der Waals surface area (Å²) < 4.78 is 64.2. The van der Waals surface area contributed by atoms with Crippen molar-refractivity contribution in [2.45, 2.75) is 192 Å². The minimum atomic E-state index is -1.84. The van der Waals surface area contributed by atoms with Gasteiger partial charge in [0.15, 0.2) is 18.4 Å². The average molecular weight is 900 g/mol. The van der Waals surface area contributed by atoms with Gasteiger partial charge in [-0.05, 0) is 62.8 Å². The summed E-state index contributed by atoms with van der Waals surface area (Å²) in [5.74, 6) is -2.81. The Labute approximate surface area is 378 Å². The van der Waals surface area contributed by atoms with Gasteiger partial charge in [0.1, 0.15) is 35.9 Å². The molecule has 1 spiro atoms. The number of aliphatic hydroxyl groups excluding tert-OH is 1. The quantitative estimate of drug-likeness (QED) is 0.216. The van der Waals surface area contributed by atoms with Crippen LogP contribution in [-0.2, 0) is 57.0 Å². The van der Waals surface area contributed by atoms with E-state index in [-0.39, 0.29) is 61.0 Å². The predicted molar refractivity (Wildman–Crippen MR) is 234 cm³/mol. The van der Waals surface area contributed by atoms with E-state index in [1.807, 2.05) is 39.0 Å². The summed E-state index contributed by atoms with van der Waals surface area (Å²) in [6.45, 7) is 17.5. The van der Waals surface area contributed by atoms with Gasteiger partial charge in [-0.1, -0.05) is 64.2 Å². The Kier molecular flexibility index (Phi) is 15.5. The van der Waals surface area contributed by atoms with Crippen LogP contribution >= 0.6 is 0 Å². The van der Waals surface area contributed by atoms with E-state index in [1.54, 1.807) is 33.3 Å². The second-order valence-electron chi connectivity index (χ2n) is 19.5. The molecule has 0 saturated carbocycles. The minimum absolute atomic E-state index is 0.0266. The number of aliphatic hydroxyl groups is 2. The van der Waals surface area contributed by atoms with Crippen molar-refractivity contribution in [1.82, 2.24) is 5.32 Å². The molecule has 358 valence electrons. The van der Waals surface area contributed by atoms with Gasteiger partial charge in [-0.3, -0.25) is 9.59 Å². The van der Waals surface area contributed by atoms with Crippen LogP contribution in [0.25, 0.3) is 0 Å². The Morgan fingerprint density at radius 2 is 1.61 bits per heavy atom. The summed E-state index contributed by atoms with van der Waals surface area (Å²) in [7, 11) is 3.27. The molecule has 7 aliphatic rings. The van der Waals surface area contributed by atoms with Gasteiger partial charge in [0.25, 0.3) is 0 Å². The molecule has 4 fully saturated rings. The van der Waals surface area contributed by atoms with Gasteiger partial charge in [-0.15, -0.1) is 0 Å². The lowest BCUT2D eigenvalue weighted by molar-refractivity contribution is -0.311. The van der Waals surface area contributed by atoms with Gasteiger partial charge in [-0.25, -0.2) is 0 Å². The molecule has 3 N–H and O–H groups in total. The summed E-state index contributed by atoms with van der Waals surface area (Å²) in [5, 5.41) is 26.7. The number of methoxy groups -OCH3 is 2. The van der Waals surface area contributed by atoms with Crippen LogP contribution in [0.4, 0.5) is 0 Å². The van der Waals surface area contributed by atoms with Crippen LogP contribution in [0, 0.1) is 23.7 Å². The standard InChI is InChI=1S/C49H73NO14/c1-25(2)43-28(5)17-18-48(64-43)23-35-20-34(63-48)16-15-27(4)44(26(3)13-12-14-33-24-57-46-42(52)29(6)19-36(47(53)60-35)49(33,46)54)61-40-22-38(56-11)45(31(8)59-40)62-39-21-37(55-10)41(30(7)58-39)50-32(9)51/h12-15,17-19,25-26,28,30-31,34-46,52,54H,16,20-24H2,1-11H3,(H,50,51)/b13-12+,27-15+,33-14-/t26-,28-,30-,31-,34+,35-,36-,37-,38-,39-,40-,41+,42+,43?,44-,45-,46+,48+,49+/m0/s1. The third-order valence-corrected chi connectivity index (χ3v) is 14.4. The number of carbonyl (C=O) groups is 2. The third-order valence-electron chi connectivity index (χ3n) is 14.4. The van der Waals surface area contributed by atoms with Crippen molar-refractivity contribution >= 4 is 11.9 Å². The molecule has 0 aromatic heterocycles. The molecule has 0 aromatic carbocycles. The number of allylic oxidation sites excluding steroid dienone is 2. The molecular weight excluding hydrogens is 827 g/mol. The second-order valence-corrected chi connectivity index (χ2v) is 19.5. The fraction of sp³-hybridized carbons (Fsp3) is 0.755. The summed E-state index contributed by atoms with van der Waals surface area (Å²) in [6, 6.07) is -0.314. The predicted octanol–water partition coefficient (Wildman–Crippen LogP) is 5.13. The van der Waals surface area contributed by atoms with E-state index in [0.29, 0.717) is 36.8 Å². The summed E-state index contributed by atoms with van der Waals surface area (Å²) in [5.41, 5.74) is 0.112. The first-order valence-corrected chi connectivity index (χ1v) is 23.3. The maximum atomic E-state index is 14.3. The number of fused-ring (bicyclic) bond motifs is 2. The van der Waals surface area contributed by atoms with Crippen molar-refractivity contribution in [3.63, 3.8) is 0 Å². The Balaban J connectivity index is 1.16. The first kappa shape index (κ1) is 49.1. The highest BCUT2D eigenvalue weighted by molar-refractivity contribution is 5.78. The average Bonchev–Trinajstić information content (AvgIpc) is 3.58. The minimum Gasteiger partial charge on any atom is -0.462 e. The normalized spacial score (nSPS) is 47.4. The lowest BCUT2D eigenvalue weighted by Crippen LogP contribution is -2.58. The molecule has 0 aromatic rings. The first-order chi connectivity index (χ1) is 30.4. The largest absolute Gasteiger partial charge is 0.462 e. The molecule has 2 bridgehead atoms. The molecule has 1 amide bonds. The van der Waals surface area contributed by atoms with Crippen molar-refractivity contribution < 1.29 is 67.2 Å². The monoisotopic (exact) mass is 900 g/mol. The second kappa shape index (κ2) is 20.2. The Morgan fingerprint density at radius 1 is 0.906 bits per heavy atom.